The highest BCUT2D eigenvalue weighted by molar-refractivity contribution is 5.69. The Hall–Kier alpha value is -2.11. The Balaban J connectivity index is 2.71. The highest BCUT2D eigenvalue weighted by Gasteiger charge is 2.14. The van der Waals surface area contributed by atoms with Crippen LogP contribution in [0.25, 0.3) is 0 Å². The zero-order valence-electron chi connectivity index (χ0n) is 10.5. The molecule has 6 nitrogen and oxygen atoms in total. The molecule has 0 aliphatic rings. The van der Waals surface area contributed by atoms with E-state index in [0.29, 0.717) is 11.3 Å². The number of hydrogen-bond acceptors (Lipinski definition) is 5. The van der Waals surface area contributed by atoms with Crippen LogP contribution in [0, 0.1) is 17.0 Å². The summed E-state index contributed by atoms with van der Waals surface area (Å²) < 4.78 is 10.0. The maximum Gasteiger partial charge on any atom is 0.309 e. The number of nitrogens with zero attached hydrogens (tertiary/aromatic N) is 1. The molecule has 6 heteroatoms. The summed E-state index contributed by atoms with van der Waals surface area (Å²) in [6.45, 7) is 3.36. The average molecular weight is 253 g/mol. The van der Waals surface area contributed by atoms with E-state index in [1.54, 1.807) is 19.9 Å². The number of benzene rings is 1. The van der Waals surface area contributed by atoms with Crippen molar-refractivity contribution < 1.29 is 19.2 Å². The number of esters is 1. The number of nitro groups is 1. The number of ether oxygens (including phenoxy) is 2. The van der Waals surface area contributed by atoms with Crippen LogP contribution in [0.1, 0.15) is 18.9 Å². The third-order valence-corrected chi connectivity index (χ3v) is 2.38. The second-order valence-electron chi connectivity index (χ2n) is 3.91. The number of aryl methyl sites for hydroxylation is 1. The Morgan fingerprint density at radius 2 is 2.17 bits per heavy atom. The first-order chi connectivity index (χ1) is 8.43. The minimum atomic E-state index is -0.447. The normalized spacial score (nSPS) is 11.7. The lowest BCUT2D eigenvalue weighted by molar-refractivity contribution is -0.385. The van der Waals surface area contributed by atoms with Crippen LogP contribution >= 0.6 is 0 Å². The van der Waals surface area contributed by atoms with Crippen LogP contribution in [0.15, 0.2) is 18.2 Å². The molecule has 1 unspecified atom stereocenters. The fourth-order valence-electron chi connectivity index (χ4n) is 1.50. The maximum absolute atomic E-state index is 11.0. The topological polar surface area (TPSA) is 78.7 Å². The molecule has 18 heavy (non-hydrogen) atoms. The Morgan fingerprint density at radius 1 is 1.50 bits per heavy atom. The summed E-state index contributed by atoms with van der Waals surface area (Å²) in [6.07, 6.45) is -0.217. The van der Waals surface area contributed by atoms with Gasteiger partial charge in [-0.1, -0.05) is 0 Å². The van der Waals surface area contributed by atoms with Crippen molar-refractivity contribution in [3.63, 3.8) is 0 Å². The largest absolute Gasteiger partial charge is 0.490 e. The predicted molar refractivity (Wildman–Crippen MR) is 64.6 cm³/mol. The van der Waals surface area contributed by atoms with Crippen molar-refractivity contribution in [1.82, 2.24) is 0 Å². The van der Waals surface area contributed by atoms with E-state index in [9.17, 15) is 14.9 Å². The molecular weight excluding hydrogens is 238 g/mol. The molecule has 0 saturated carbocycles. The maximum atomic E-state index is 11.0. The lowest BCUT2D eigenvalue weighted by Gasteiger charge is -2.13. The van der Waals surface area contributed by atoms with Crippen LogP contribution in [0.3, 0.4) is 0 Å². The second kappa shape index (κ2) is 6.00. The highest BCUT2D eigenvalue weighted by Crippen LogP contribution is 2.24. The first-order valence-electron chi connectivity index (χ1n) is 5.42. The molecule has 0 aliphatic heterocycles. The summed E-state index contributed by atoms with van der Waals surface area (Å²) in [4.78, 5) is 21.2. The molecule has 0 saturated heterocycles. The molecule has 0 aromatic heterocycles. The van der Waals surface area contributed by atoms with E-state index < -0.39 is 4.92 Å². The summed E-state index contributed by atoms with van der Waals surface area (Å²) >= 11 is 0. The van der Waals surface area contributed by atoms with Gasteiger partial charge in [0, 0.05) is 11.6 Å². The Bertz CT molecular complexity index is 458. The number of carbonyl (C=O) groups is 1. The molecule has 0 amide bonds. The third kappa shape index (κ3) is 3.73. The van der Waals surface area contributed by atoms with Gasteiger partial charge in [0.1, 0.15) is 11.9 Å². The Morgan fingerprint density at radius 3 is 2.67 bits per heavy atom. The molecule has 1 atom stereocenters. The SMILES string of the molecule is COC(=O)CC(C)Oc1ccc([N+](=O)[O-])c(C)c1. The van der Waals surface area contributed by atoms with Crippen LogP contribution in [0.2, 0.25) is 0 Å². The first-order valence-corrected chi connectivity index (χ1v) is 5.42. The quantitative estimate of drug-likeness (QED) is 0.456. The molecule has 0 N–H and O–H groups in total. The van der Waals surface area contributed by atoms with Crippen LogP contribution in [-0.2, 0) is 9.53 Å². The predicted octanol–water partition coefficient (Wildman–Crippen LogP) is 2.23. The standard InChI is InChI=1S/C12H15NO5/c1-8-6-10(4-5-11(8)13(15)16)18-9(2)7-12(14)17-3/h4-6,9H,7H2,1-3H3. The molecular formula is C12H15NO5. The zero-order valence-corrected chi connectivity index (χ0v) is 10.5. The summed E-state index contributed by atoms with van der Waals surface area (Å²) in [5, 5.41) is 10.6. The first kappa shape index (κ1) is 14.0. The summed E-state index contributed by atoms with van der Waals surface area (Å²) in [6, 6.07) is 4.47. The van der Waals surface area contributed by atoms with Gasteiger partial charge in [0.2, 0.25) is 0 Å². The van der Waals surface area contributed by atoms with Gasteiger partial charge in [0.15, 0.2) is 0 Å². The minimum Gasteiger partial charge on any atom is -0.490 e. The van der Waals surface area contributed by atoms with Crippen molar-refractivity contribution in [3.05, 3.63) is 33.9 Å². The van der Waals surface area contributed by atoms with E-state index in [-0.39, 0.29) is 24.2 Å². The highest BCUT2D eigenvalue weighted by atomic mass is 16.6. The van der Waals surface area contributed by atoms with Crippen molar-refractivity contribution in [2.75, 3.05) is 7.11 Å². The number of rotatable bonds is 5. The lowest BCUT2D eigenvalue weighted by atomic mass is 10.2. The van der Waals surface area contributed by atoms with E-state index in [2.05, 4.69) is 4.74 Å². The minimum absolute atomic E-state index is 0.0444. The monoisotopic (exact) mass is 253 g/mol. The lowest BCUT2D eigenvalue weighted by Crippen LogP contribution is -2.18. The van der Waals surface area contributed by atoms with Gasteiger partial charge >= 0.3 is 5.97 Å². The summed E-state index contributed by atoms with van der Waals surface area (Å²) in [5.41, 5.74) is 0.561. The van der Waals surface area contributed by atoms with Crippen molar-refractivity contribution in [2.45, 2.75) is 26.4 Å². The molecule has 1 aromatic rings. The third-order valence-electron chi connectivity index (χ3n) is 2.38. The molecule has 0 aliphatic carbocycles. The van der Waals surface area contributed by atoms with Crippen LogP contribution in [-0.4, -0.2) is 24.1 Å². The fourth-order valence-corrected chi connectivity index (χ4v) is 1.50. The molecule has 0 spiro atoms. The van der Waals surface area contributed by atoms with Gasteiger partial charge in [0.25, 0.3) is 5.69 Å². The van der Waals surface area contributed by atoms with E-state index in [0.717, 1.165) is 0 Å². The number of carbonyl (C=O) groups excluding carboxylic acids is 1. The zero-order chi connectivity index (χ0) is 13.7. The van der Waals surface area contributed by atoms with Gasteiger partial charge < -0.3 is 9.47 Å². The Kier molecular flexibility index (Phi) is 4.65. The van der Waals surface area contributed by atoms with Gasteiger partial charge in [0.05, 0.1) is 18.5 Å². The van der Waals surface area contributed by atoms with Crippen molar-refractivity contribution >= 4 is 11.7 Å². The van der Waals surface area contributed by atoms with E-state index in [4.69, 9.17) is 4.74 Å². The number of nitro benzene ring substituents is 1. The van der Waals surface area contributed by atoms with Gasteiger partial charge in [-0.2, -0.15) is 0 Å². The number of methoxy groups -OCH3 is 1. The van der Waals surface area contributed by atoms with Gasteiger partial charge in [-0.3, -0.25) is 14.9 Å². The van der Waals surface area contributed by atoms with Crippen molar-refractivity contribution in [1.29, 1.82) is 0 Å². The molecule has 1 aromatic carbocycles. The Labute approximate surface area is 105 Å². The van der Waals surface area contributed by atoms with Crippen LogP contribution < -0.4 is 4.74 Å². The van der Waals surface area contributed by atoms with E-state index >= 15 is 0 Å². The van der Waals surface area contributed by atoms with E-state index in [1.807, 2.05) is 0 Å². The van der Waals surface area contributed by atoms with Crippen molar-refractivity contribution in [3.8, 4) is 5.75 Å². The van der Waals surface area contributed by atoms with Gasteiger partial charge in [-0.05, 0) is 26.0 Å². The van der Waals surface area contributed by atoms with Crippen LogP contribution in [0.5, 0.6) is 5.75 Å². The molecule has 0 radical (unpaired) electrons. The molecule has 1 rings (SSSR count). The number of hydrogen-bond donors (Lipinski definition) is 0. The second-order valence-corrected chi connectivity index (χ2v) is 3.91. The van der Waals surface area contributed by atoms with Gasteiger partial charge in [-0.25, -0.2) is 0 Å². The smallest absolute Gasteiger partial charge is 0.309 e. The van der Waals surface area contributed by atoms with Crippen LogP contribution in [0.4, 0.5) is 5.69 Å². The van der Waals surface area contributed by atoms with E-state index in [1.165, 1.54) is 19.2 Å². The molecule has 0 fully saturated rings. The molecule has 98 valence electrons. The molecule has 0 heterocycles. The van der Waals surface area contributed by atoms with Crippen molar-refractivity contribution in [2.24, 2.45) is 0 Å². The fraction of sp³-hybridized carbons (Fsp3) is 0.417. The van der Waals surface area contributed by atoms with Gasteiger partial charge in [-0.15, -0.1) is 0 Å². The average Bonchev–Trinajstić information content (AvgIpc) is 2.28. The summed E-state index contributed by atoms with van der Waals surface area (Å²) in [7, 11) is 1.31. The summed E-state index contributed by atoms with van der Waals surface area (Å²) in [5.74, 6) is 0.135. The molecule has 0 bridgehead atoms.